The summed E-state index contributed by atoms with van der Waals surface area (Å²) in [4.78, 5) is 5.90. The highest BCUT2D eigenvalue weighted by molar-refractivity contribution is 7.09. The molecule has 0 unspecified atom stereocenters. The van der Waals surface area contributed by atoms with E-state index in [4.69, 9.17) is 0 Å². The maximum atomic E-state index is 4.46. The van der Waals surface area contributed by atoms with Crippen molar-refractivity contribution in [1.82, 2.24) is 15.2 Å². The quantitative estimate of drug-likeness (QED) is 0.836. The summed E-state index contributed by atoms with van der Waals surface area (Å²) in [6, 6.07) is 4.29. The Kier molecular flexibility index (Phi) is 4.10. The van der Waals surface area contributed by atoms with Gasteiger partial charge in [-0.25, -0.2) is 4.98 Å². The average Bonchev–Trinajstić information content (AvgIpc) is 2.90. The third-order valence-electron chi connectivity index (χ3n) is 2.47. The average molecular weight is 235 g/mol. The minimum atomic E-state index is 0.958. The summed E-state index contributed by atoms with van der Waals surface area (Å²) in [6.07, 6.45) is 5.35. The molecule has 4 heteroatoms. The normalized spacial score (nSPS) is 10.8. The first-order valence-electron chi connectivity index (χ1n) is 5.81. The van der Waals surface area contributed by atoms with Crippen LogP contribution in [-0.4, -0.2) is 15.2 Å². The maximum Gasteiger partial charge on any atom is 0.150 e. The third kappa shape index (κ3) is 3.17. The van der Waals surface area contributed by atoms with Crippen molar-refractivity contribution >= 4 is 11.3 Å². The molecule has 0 radical (unpaired) electrons. The van der Waals surface area contributed by atoms with Crippen LogP contribution in [0, 0.1) is 0 Å². The van der Waals surface area contributed by atoms with Crippen LogP contribution in [0.5, 0.6) is 0 Å². The van der Waals surface area contributed by atoms with Crippen LogP contribution >= 0.6 is 11.3 Å². The molecule has 0 aliphatic rings. The Hall–Kier alpha value is -1.16. The first-order chi connectivity index (χ1) is 7.88. The third-order valence-corrected chi connectivity index (χ3v) is 3.40. The van der Waals surface area contributed by atoms with Crippen molar-refractivity contribution in [2.75, 3.05) is 0 Å². The molecule has 0 spiro atoms. The van der Waals surface area contributed by atoms with Gasteiger partial charge in [-0.05, 0) is 30.7 Å². The molecular weight excluding hydrogens is 218 g/mol. The minimum Gasteiger partial charge on any atom is -0.263 e. The SMILES string of the molecule is CCCc1nc(CCCc2cccs2)n[nH]1. The van der Waals surface area contributed by atoms with Gasteiger partial charge in [0.15, 0.2) is 5.82 Å². The number of aryl methyl sites for hydroxylation is 3. The van der Waals surface area contributed by atoms with E-state index in [2.05, 4.69) is 39.6 Å². The molecule has 2 rings (SSSR count). The molecule has 3 nitrogen and oxygen atoms in total. The van der Waals surface area contributed by atoms with Gasteiger partial charge < -0.3 is 0 Å². The fourth-order valence-electron chi connectivity index (χ4n) is 1.67. The summed E-state index contributed by atoms with van der Waals surface area (Å²) < 4.78 is 0. The van der Waals surface area contributed by atoms with Gasteiger partial charge >= 0.3 is 0 Å². The molecule has 0 amide bonds. The van der Waals surface area contributed by atoms with Crippen molar-refractivity contribution in [3.8, 4) is 0 Å². The number of aromatic amines is 1. The molecule has 1 N–H and O–H groups in total. The Morgan fingerprint density at radius 3 is 3.00 bits per heavy atom. The summed E-state index contributed by atoms with van der Waals surface area (Å²) in [5.41, 5.74) is 0. The lowest BCUT2D eigenvalue weighted by Crippen LogP contribution is -1.91. The Morgan fingerprint density at radius 2 is 2.25 bits per heavy atom. The van der Waals surface area contributed by atoms with Gasteiger partial charge in [0.1, 0.15) is 5.82 Å². The zero-order valence-electron chi connectivity index (χ0n) is 9.57. The smallest absolute Gasteiger partial charge is 0.150 e. The van der Waals surface area contributed by atoms with E-state index >= 15 is 0 Å². The largest absolute Gasteiger partial charge is 0.263 e. The van der Waals surface area contributed by atoms with E-state index in [1.165, 1.54) is 4.88 Å². The van der Waals surface area contributed by atoms with Crippen LogP contribution in [0.4, 0.5) is 0 Å². The molecule has 0 atom stereocenters. The second-order valence-electron chi connectivity index (χ2n) is 3.88. The number of hydrogen-bond donors (Lipinski definition) is 1. The minimum absolute atomic E-state index is 0.958. The van der Waals surface area contributed by atoms with Crippen LogP contribution in [0.2, 0.25) is 0 Å². The zero-order valence-corrected chi connectivity index (χ0v) is 10.4. The van der Waals surface area contributed by atoms with E-state index < -0.39 is 0 Å². The van der Waals surface area contributed by atoms with E-state index in [9.17, 15) is 0 Å². The second-order valence-corrected chi connectivity index (χ2v) is 4.91. The van der Waals surface area contributed by atoms with E-state index in [1.54, 1.807) is 0 Å². The second kappa shape index (κ2) is 5.80. The summed E-state index contributed by atoms with van der Waals surface area (Å²) >= 11 is 1.82. The highest BCUT2D eigenvalue weighted by Gasteiger charge is 2.02. The van der Waals surface area contributed by atoms with Crippen molar-refractivity contribution in [2.45, 2.75) is 39.0 Å². The van der Waals surface area contributed by atoms with Gasteiger partial charge in [-0.1, -0.05) is 13.0 Å². The van der Waals surface area contributed by atoms with Gasteiger partial charge in [0, 0.05) is 17.7 Å². The van der Waals surface area contributed by atoms with Crippen molar-refractivity contribution in [3.05, 3.63) is 34.0 Å². The molecule has 0 bridgehead atoms. The lowest BCUT2D eigenvalue weighted by Gasteiger charge is -1.94. The molecule has 0 saturated carbocycles. The molecule has 0 fully saturated rings. The molecule has 86 valence electrons. The molecule has 0 aliphatic carbocycles. The van der Waals surface area contributed by atoms with Gasteiger partial charge in [-0.3, -0.25) is 5.10 Å². The summed E-state index contributed by atoms with van der Waals surface area (Å²) in [5.74, 6) is 1.98. The fourth-order valence-corrected chi connectivity index (χ4v) is 2.42. The van der Waals surface area contributed by atoms with Crippen LogP contribution in [0.25, 0.3) is 0 Å². The molecule has 16 heavy (non-hydrogen) atoms. The van der Waals surface area contributed by atoms with Crippen molar-refractivity contribution < 1.29 is 0 Å². The molecular formula is C12H17N3S. The number of aromatic nitrogens is 3. The van der Waals surface area contributed by atoms with E-state index in [-0.39, 0.29) is 0 Å². The van der Waals surface area contributed by atoms with E-state index in [0.29, 0.717) is 0 Å². The van der Waals surface area contributed by atoms with E-state index in [0.717, 1.165) is 43.8 Å². The van der Waals surface area contributed by atoms with Gasteiger partial charge in [-0.15, -0.1) is 11.3 Å². The van der Waals surface area contributed by atoms with Crippen LogP contribution in [0.1, 0.15) is 36.3 Å². The Balaban J connectivity index is 1.76. The number of nitrogens with zero attached hydrogens (tertiary/aromatic N) is 2. The summed E-state index contributed by atoms with van der Waals surface area (Å²) in [6.45, 7) is 2.15. The summed E-state index contributed by atoms with van der Waals surface area (Å²) in [5, 5.41) is 9.34. The Morgan fingerprint density at radius 1 is 1.31 bits per heavy atom. The lowest BCUT2D eigenvalue weighted by molar-refractivity contribution is 0.781. The zero-order chi connectivity index (χ0) is 11.2. The van der Waals surface area contributed by atoms with Crippen LogP contribution in [0.15, 0.2) is 17.5 Å². The molecule has 0 aromatic carbocycles. The van der Waals surface area contributed by atoms with Gasteiger partial charge in [0.2, 0.25) is 0 Å². The van der Waals surface area contributed by atoms with Crippen LogP contribution in [0.3, 0.4) is 0 Å². The molecule has 0 saturated heterocycles. The Labute approximate surface area is 99.9 Å². The van der Waals surface area contributed by atoms with Crippen molar-refractivity contribution in [3.63, 3.8) is 0 Å². The first-order valence-corrected chi connectivity index (χ1v) is 6.69. The number of H-pyrrole nitrogens is 1. The Bertz CT molecular complexity index is 406. The molecule has 0 aliphatic heterocycles. The molecule has 2 aromatic heterocycles. The summed E-state index contributed by atoms with van der Waals surface area (Å²) in [7, 11) is 0. The van der Waals surface area contributed by atoms with Crippen molar-refractivity contribution in [1.29, 1.82) is 0 Å². The van der Waals surface area contributed by atoms with Crippen LogP contribution in [-0.2, 0) is 19.3 Å². The number of thiophene rings is 1. The number of hydrogen-bond acceptors (Lipinski definition) is 3. The lowest BCUT2D eigenvalue weighted by atomic mass is 10.2. The predicted molar refractivity (Wildman–Crippen MR) is 66.7 cm³/mol. The first kappa shape index (κ1) is 11.3. The van der Waals surface area contributed by atoms with Crippen molar-refractivity contribution in [2.24, 2.45) is 0 Å². The number of rotatable bonds is 6. The molecule has 2 heterocycles. The standard InChI is InChI=1S/C12H17N3S/c1-2-5-11-13-12(15-14-11)8-3-6-10-7-4-9-16-10/h4,7,9H,2-3,5-6,8H2,1H3,(H,13,14,15). The highest BCUT2D eigenvalue weighted by Crippen LogP contribution is 2.12. The predicted octanol–water partition coefficient (Wildman–Crippen LogP) is 2.99. The fraction of sp³-hybridized carbons (Fsp3) is 0.500. The van der Waals surface area contributed by atoms with Gasteiger partial charge in [0.25, 0.3) is 0 Å². The molecule has 2 aromatic rings. The van der Waals surface area contributed by atoms with E-state index in [1.807, 2.05) is 11.3 Å². The van der Waals surface area contributed by atoms with Crippen LogP contribution < -0.4 is 0 Å². The maximum absolute atomic E-state index is 4.46. The monoisotopic (exact) mass is 235 g/mol. The van der Waals surface area contributed by atoms with Gasteiger partial charge in [-0.2, -0.15) is 5.10 Å². The topological polar surface area (TPSA) is 41.6 Å². The van der Waals surface area contributed by atoms with Gasteiger partial charge in [0.05, 0.1) is 0 Å². The highest BCUT2D eigenvalue weighted by atomic mass is 32.1. The number of nitrogens with one attached hydrogen (secondary N) is 1.